The fourth-order valence-electron chi connectivity index (χ4n) is 3.50. The molecule has 1 aliphatic heterocycles. The smallest absolute Gasteiger partial charge is 0.243 e. The van der Waals surface area contributed by atoms with Crippen LogP contribution in [0.25, 0.3) is 0 Å². The first-order chi connectivity index (χ1) is 14.4. The maximum Gasteiger partial charge on any atom is 0.243 e. The molecule has 3 rings (SSSR count). The minimum Gasteiger partial charge on any atom is -0.497 e. The number of nitrogens with one attached hydrogen (secondary N) is 1. The number of hydrogen-bond acceptors (Lipinski definition) is 5. The molecule has 1 N–H and O–H groups in total. The minimum absolute atomic E-state index is 0.0601. The summed E-state index contributed by atoms with van der Waals surface area (Å²) in [6.45, 7) is 4.63. The van der Waals surface area contributed by atoms with Crippen LogP contribution in [0, 0.1) is 0 Å². The molecule has 1 atom stereocenters. The van der Waals surface area contributed by atoms with E-state index in [1.54, 1.807) is 17.0 Å². The second-order valence-corrected chi connectivity index (χ2v) is 9.35. The standard InChI is InChI=1S/C22H29N3O4S/c1-18(19-6-4-3-5-7-19)16-25(17-22(26)24-14-12-23-13-15-24)30(27,28)21-10-8-20(29-2)9-11-21/h3-11,18,23H,12-17H2,1-2H3/t18-/m0/s1. The Hall–Kier alpha value is -2.42. The summed E-state index contributed by atoms with van der Waals surface area (Å²) in [4.78, 5) is 14.7. The molecule has 1 aliphatic rings. The third-order valence-corrected chi connectivity index (χ3v) is 7.15. The highest BCUT2D eigenvalue weighted by molar-refractivity contribution is 7.89. The van der Waals surface area contributed by atoms with E-state index >= 15 is 0 Å². The van der Waals surface area contributed by atoms with Gasteiger partial charge >= 0.3 is 0 Å². The van der Waals surface area contributed by atoms with Crippen LogP contribution in [-0.4, -0.2) is 69.9 Å². The van der Waals surface area contributed by atoms with Gasteiger partial charge < -0.3 is 15.0 Å². The van der Waals surface area contributed by atoms with Gasteiger partial charge in [0.25, 0.3) is 0 Å². The van der Waals surface area contributed by atoms with Gasteiger partial charge in [0, 0.05) is 32.7 Å². The van der Waals surface area contributed by atoms with Crippen molar-refractivity contribution in [3.8, 4) is 5.75 Å². The lowest BCUT2D eigenvalue weighted by Crippen LogP contribution is -2.50. The van der Waals surface area contributed by atoms with Gasteiger partial charge in [0.2, 0.25) is 15.9 Å². The first-order valence-corrected chi connectivity index (χ1v) is 11.5. The average molecular weight is 432 g/mol. The van der Waals surface area contributed by atoms with E-state index in [0.29, 0.717) is 18.8 Å². The molecule has 0 aliphatic carbocycles. The summed E-state index contributed by atoms with van der Waals surface area (Å²) in [5, 5.41) is 3.21. The Morgan fingerprint density at radius 3 is 2.33 bits per heavy atom. The molecule has 162 valence electrons. The zero-order chi connectivity index (χ0) is 21.6. The number of sulfonamides is 1. The topological polar surface area (TPSA) is 79.0 Å². The lowest BCUT2D eigenvalue weighted by Gasteiger charge is -2.31. The van der Waals surface area contributed by atoms with Crippen LogP contribution in [0.2, 0.25) is 0 Å². The Morgan fingerprint density at radius 2 is 1.73 bits per heavy atom. The molecular weight excluding hydrogens is 402 g/mol. The number of hydrogen-bond donors (Lipinski definition) is 1. The van der Waals surface area contributed by atoms with Crippen molar-refractivity contribution in [1.29, 1.82) is 0 Å². The number of carbonyl (C=O) groups is 1. The molecule has 1 heterocycles. The summed E-state index contributed by atoms with van der Waals surface area (Å²) >= 11 is 0. The van der Waals surface area contributed by atoms with Crippen LogP contribution < -0.4 is 10.1 Å². The summed E-state index contributed by atoms with van der Waals surface area (Å²) < 4.78 is 33.3. The van der Waals surface area contributed by atoms with Crippen LogP contribution >= 0.6 is 0 Å². The summed E-state index contributed by atoms with van der Waals surface area (Å²) in [7, 11) is -2.32. The van der Waals surface area contributed by atoms with Crippen molar-refractivity contribution in [2.24, 2.45) is 0 Å². The zero-order valence-electron chi connectivity index (χ0n) is 17.5. The van der Waals surface area contributed by atoms with Gasteiger partial charge in [0.1, 0.15) is 5.75 Å². The van der Waals surface area contributed by atoms with Gasteiger partial charge in [-0.05, 0) is 35.7 Å². The van der Waals surface area contributed by atoms with Gasteiger partial charge in [-0.25, -0.2) is 8.42 Å². The molecule has 1 saturated heterocycles. The number of benzene rings is 2. The van der Waals surface area contributed by atoms with Crippen molar-refractivity contribution in [3.05, 3.63) is 60.2 Å². The minimum atomic E-state index is -3.85. The number of nitrogens with zero attached hydrogens (tertiary/aromatic N) is 2. The zero-order valence-corrected chi connectivity index (χ0v) is 18.3. The SMILES string of the molecule is COc1ccc(S(=O)(=O)N(CC(=O)N2CCNCC2)C[C@H](C)c2ccccc2)cc1. The number of piperazine rings is 1. The predicted octanol–water partition coefficient (Wildman–Crippen LogP) is 1.92. The molecule has 0 bridgehead atoms. The molecule has 0 aromatic heterocycles. The fourth-order valence-corrected chi connectivity index (χ4v) is 4.98. The second-order valence-electron chi connectivity index (χ2n) is 7.42. The molecule has 0 saturated carbocycles. The van der Waals surface area contributed by atoms with Crippen LogP contribution in [0.3, 0.4) is 0 Å². The lowest BCUT2D eigenvalue weighted by molar-refractivity contribution is -0.132. The molecule has 1 amide bonds. The van der Waals surface area contributed by atoms with Gasteiger partial charge in [0.05, 0.1) is 18.6 Å². The van der Waals surface area contributed by atoms with Crippen molar-refractivity contribution in [3.63, 3.8) is 0 Å². The Kier molecular flexibility index (Phi) is 7.47. The molecular formula is C22H29N3O4S. The largest absolute Gasteiger partial charge is 0.497 e. The quantitative estimate of drug-likeness (QED) is 0.691. The van der Waals surface area contributed by atoms with E-state index in [2.05, 4.69) is 5.32 Å². The number of rotatable bonds is 8. The van der Waals surface area contributed by atoms with Crippen LogP contribution in [0.15, 0.2) is 59.5 Å². The van der Waals surface area contributed by atoms with Crippen LogP contribution in [0.5, 0.6) is 5.75 Å². The van der Waals surface area contributed by atoms with E-state index in [9.17, 15) is 13.2 Å². The number of ether oxygens (including phenoxy) is 1. The predicted molar refractivity (Wildman–Crippen MR) is 116 cm³/mol. The van der Waals surface area contributed by atoms with E-state index in [-0.39, 0.29) is 29.8 Å². The van der Waals surface area contributed by atoms with E-state index in [4.69, 9.17) is 4.74 Å². The first kappa shape index (κ1) is 22.3. The number of methoxy groups -OCH3 is 1. The summed E-state index contributed by atoms with van der Waals surface area (Å²) in [6, 6.07) is 16.0. The second kappa shape index (κ2) is 10.1. The fraction of sp³-hybridized carbons (Fsp3) is 0.409. The average Bonchev–Trinajstić information content (AvgIpc) is 2.79. The molecule has 7 nitrogen and oxygen atoms in total. The Balaban J connectivity index is 1.85. The van der Waals surface area contributed by atoms with Crippen molar-refractivity contribution < 1.29 is 17.9 Å². The van der Waals surface area contributed by atoms with Gasteiger partial charge in [0.15, 0.2) is 0 Å². The van der Waals surface area contributed by atoms with E-state index < -0.39 is 10.0 Å². The van der Waals surface area contributed by atoms with Crippen molar-refractivity contribution in [2.75, 3.05) is 46.4 Å². The summed E-state index contributed by atoms with van der Waals surface area (Å²) in [5.74, 6) is 0.346. The third-order valence-electron chi connectivity index (χ3n) is 5.32. The molecule has 2 aromatic carbocycles. The van der Waals surface area contributed by atoms with Crippen molar-refractivity contribution in [1.82, 2.24) is 14.5 Å². The normalized spacial score (nSPS) is 15.8. The molecule has 30 heavy (non-hydrogen) atoms. The maximum absolute atomic E-state index is 13.4. The number of carbonyl (C=O) groups excluding carboxylic acids is 1. The molecule has 0 unspecified atom stereocenters. The Bertz CT molecular complexity index is 927. The van der Waals surface area contributed by atoms with Crippen LogP contribution in [0.1, 0.15) is 18.4 Å². The summed E-state index contributed by atoms with van der Waals surface area (Å²) in [6.07, 6.45) is 0. The Morgan fingerprint density at radius 1 is 1.10 bits per heavy atom. The van der Waals surface area contributed by atoms with E-state index in [1.807, 2.05) is 37.3 Å². The third kappa shape index (κ3) is 5.38. The lowest BCUT2D eigenvalue weighted by atomic mass is 10.0. The van der Waals surface area contributed by atoms with Crippen molar-refractivity contribution >= 4 is 15.9 Å². The van der Waals surface area contributed by atoms with Crippen LogP contribution in [-0.2, 0) is 14.8 Å². The molecule has 1 fully saturated rings. The van der Waals surface area contributed by atoms with Crippen LogP contribution in [0.4, 0.5) is 0 Å². The molecule has 2 aromatic rings. The Labute approximate surface area is 178 Å². The van der Waals surface area contributed by atoms with Crippen molar-refractivity contribution in [2.45, 2.75) is 17.7 Å². The van der Waals surface area contributed by atoms with E-state index in [0.717, 1.165) is 18.7 Å². The first-order valence-electron chi connectivity index (χ1n) is 10.1. The van der Waals surface area contributed by atoms with Gasteiger partial charge in [-0.15, -0.1) is 0 Å². The summed E-state index contributed by atoms with van der Waals surface area (Å²) in [5.41, 5.74) is 1.03. The highest BCUT2D eigenvalue weighted by Crippen LogP contribution is 2.23. The van der Waals surface area contributed by atoms with Gasteiger partial charge in [-0.2, -0.15) is 4.31 Å². The monoisotopic (exact) mass is 431 g/mol. The van der Waals surface area contributed by atoms with Gasteiger partial charge in [-0.1, -0.05) is 37.3 Å². The molecule has 8 heteroatoms. The highest BCUT2D eigenvalue weighted by atomic mass is 32.2. The molecule has 0 spiro atoms. The van der Waals surface area contributed by atoms with Gasteiger partial charge in [-0.3, -0.25) is 4.79 Å². The van der Waals surface area contributed by atoms with E-state index in [1.165, 1.54) is 23.5 Å². The highest BCUT2D eigenvalue weighted by Gasteiger charge is 2.30. The maximum atomic E-state index is 13.4. The number of amides is 1. The molecule has 0 radical (unpaired) electrons.